The highest BCUT2D eigenvalue weighted by atomic mass is 32.2. The van der Waals surface area contributed by atoms with Gasteiger partial charge in [0.1, 0.15) is 12.4 Å². The Labute approximate surface area is 207 Å². The highest BCUT2D eigenvalue weighted by Crippen LogP contribution is 2.25. The molecule has 1 heterocycles. The van der Waals surface area contributed by atoms with Gasteiger partial charge in [0.25, 0.3) is 10.0 Å². The van der Waals surface area contributed by atoms with Gasteiger partial charge in [-0.05, 0) is 53.6 Å². The lowest BCUT2D eigenvalue weighted by molar-refractivity contribution is 0.306. The first-order valence-corrected chi connectivity index (χ1v) is 13.2. The molecule has 0 unspecified atom stereocenters. The van der Waals surface area contributed by atoms with Crippen molar-refractivity contribution in [2.75, 3.05) is 4.72 Å². The minimum absolute atomic E-state index is 0.0996. The number of aromatic nitrogens is 1. The van der Waals surface area contributed by atoms with Crippen LogP contribution in [0.4, 0.5) is 5.69 Å². The van der Waals surface area contributed by atoms with Gasteiger partial charge in [-0.25, -0.2) is 8.42 Å². The molecule has 4 aromatic carbocycles. The third kappa shape index (κ3) is 5.29. The number of ether oxygens (including phenoxy) is 1. The van der Waals surface area contributed by atoms with Crippen LogP contribution in [0.2, 0.25) is 0 Å². The number of fused-ring (bicyclic) bond motifs is 1. The molecule has 0 saturated heterocycles. The number of hydrogen-bond donors (Lipinski definition) is 1. The van der Waals surface area contributed by atoms with Crippen LogP contribution in [0.5, 0.6) is 5.75 Å². The third-order valence-electron chi connectivity index (χ3n) is 5.49. The fourth-order valence-electron chi connectivity index (χ4n) is 3.70. The van der Waals surface area contributed by atoms with Crippen molar-refractivity contribution in [1.82, 2.24) is 4.57 Å². The molecular weight excluding hydrogens is 480 g/mol. The minimum atomic E-state index is -3.83. The van der Waals surface area contributed by atoms with Crippen LogP contribution in [-0.4, -0.2) is 13.0 Å². The van der Waals surface area contributed by atoms with Crippen molar-refractivity contribution in [3.05, 3.63) is 124 Å². The fourth-order valence-corrected chi connectivity index (χ4v) is 5.79. The first-order chi connectivity index (χ1) is 17.0. The highest BCUT2D eigenvalue weighted by Gasteiger charge is 2.17. The van der Waals surface area contributed by atoms with Crippen molar-refractivity contribution in [3.63, 3.8) is 0 Å². The van der Waals surface area contributed by atoms with E-state index in [4.69, 9.17) is 4.74 Å². The van der Waals surface area contributed by atoms with E-state index in [-0.39, 0.29) is 9.77 Å². The molecular formula is C27H22N2O4S2. The van der Waals surface area contributed by atoms with Crippen LogP contribution in [0, 0.1) is 0 Å². The van der Waals surface area contributed by atoms with E-state index in [9.17, 15) is 13.2 Å². The Balaban J connectivity index is 1.31. The number of nitrogens with zero attached hydrogens (tertiary/aromatic N) is 1. The Kier molecular flexibility index (Phi) is 6.39. The Morgan fingerprint density at radius 1 is 0.800 bits per heavy atom. The van der Waals surface area contributed by atoms with Gasteiger partial charge in [0.15, 0.2) is 0 Å². The van der Waals surface area contributed by atoms with Gasteiger partial charge in [-0.3, -0.25) is 14.1 Å². The summed E-state index contributed by atoms with van der Waals surface area (Å²) >= 11 is 1.04. The summed E-state index contributed by atoms with van der Waals surface area (Å²) in [6.07, 6.45) is 0. The van der Waals surface area contributed by atoms with E-state index in [0.29, 0.717) is 34.8 Å². The number of sulfonamides is 1. The number of rotatable bonds is 8. The predicted octanol–water partition coefficient (Wildman–Crippen LogP) is 5.49. The summed E-state index contributed by atoms with van der Waals surface area (Å²) < 4.78 is 36.6. The van der Waals surface area contributed by atoms with Crippen LogP contribution in [0.3, 0.4) is 0 Å². The zero-order chi connectivity index (χ0) is 24.3. The first kappa shape index (κ1) is 22.9. The zero-order valence-corrected chi connectivity index (χ0v) is 20.3. The van der Waals surface area contributed by atoms with Crippen molar-refractivity contribution in [3.8, 4) is 5.75 Å². The van der Waals surface area contributed by atoms with Gasteiger partial charge in [-0.15, -0.1) is 0 Å². The van der Waals surface area contributed by atoms with Gasteiger partial charge in [-0.1, -0.05) is 72.0 Å². The molecule has 0 aliphatic carbocycles. The van der Waals surface area contributed by atoms with Gasteiger partial charge in [0.2, 0.25) is 0 Å². The molecule has 5 rings (SSSR count). The van der Waals surface area contributed by atoms with Crippen LogP contribution >= 0.6 is 11.3 Å². The molecule has 5 aromatic rings. The zero-order valence-electron chi connectivity index (χ0n) is 18.6. The Hall–Kier alpha value is -3.88. The smallest absolute Gasteiger partial charge is 0.308 e. The number of thiazole rings is 1. The molecule has 0 radical (unpaired) electrons. The molecule has 1 N–H and O–H groups in total. The first-order valence-electron chi connectivity index (χ1n) is 10.9. The average molecular weight is 503 g/mol. The quantitative estimate of drug-likeness (QED) is 0.304. The molecule has 176 valence electrons. The predicted molar refractivity (Wildman–Crippen MR) is 140 cm³/mol. The monoisotopic (exact) mass is 502 g/mol. The molecule has 0 saturated carbocycles. The average Bonchev–Trinajstić information content (AvgIpc) is 3.19. The second kappa shape index (κ2) is 9.77. The Morgan fingerprint density at radius 2 is 1.46 bits per heavy atom. The molecule has 1 aromatic heterocycles. The summed E-state index contributed by atoms with van der Waals surface area (Å²) in [6, 6.07) is 31.0. The third-order valence-corrected chi connectivity index (χ3v) is 7.81. The van der Waals surface area contributed by atoms with E-state index < -0.39 is 10.0 Å². The highest BCUT2D eigenvalue weighted by molar-refractivity contribution is 7.92. The maximum atomic E-state index is 13.0. The molecule has 0 aliphatic heterocycles. The van der Waals surface area contributed by atoms with Gasteiger partial charge in [0.05, 0.1) is 21.7 Å². The Bertz CT molecular complexity index is 1610. The lowest BCUT2D eigenvalue weighted by atomic mass is 10.2. The van der Waals surface area contributed by atoms with Gasteiger partial charge < -0.3 is 4.74 Å². The summed E-state index contributed by atoms with van der Waals surface area (Å²) in [6.45, 7) is 0.863. The molecule has 35 heavy (non-hydrogen) atoms. The normalized spacial score (nSPS) is 11.4. The van der Waals surface area contributed by atoms with Gasteiger partial charge in [-0.2, -0.15) is 0 Å². The van der Waals surface area contributed by atoms with Crippen LogP contribution < -0.4 is 14.3 Å². The van der Waals surface area contributed by atoms with Crippen molar-refractivity contribution >= 4 is 37.3 Å². The van der Waals surface area contributed by atoms with Gasteiger partial charge >= 0.3 is 4.87 Å². The van der Waals surface area contributed by atoms with E-state index in [1.807, 2.05) is 60.7 Å². The molecule has 0 amide bonds. The SMILES string of the molecule is O=c1sc2cc(S(=O)(=O)Nc3ccc(OCc4ccccc4)cc3)ccc2n1Cc1ccccc1. The van der Waals surface area contributed by atoms with Crippen LogP contribution in [0.15, 0.2) is 113 Å². The Morgan fingerprint density at radius 3 is 2.14 bits per heavy atom. The summed E-state index contributed by atoms with van der Waals surface area (Å²) in [5.41, 5.74) is 3.19. The van der Waals surface area contributed by atoms with E-state index in [2.05, 4.69) is 4.72 Å². The summed E-state index contributed by atoms with van der Waals surface area (Å²) in [7, 11) is -3.83. The molecule has 0 atom stereocenters. The molecule has 0 bridgehead atoms. The molecule has 0 fully saturated rings. The van der Waals surface area contributed by atoms with Crippen LogP contribution in [0.25, 0.3) is 10.2 Å². The minimum Gasteiger partial charge on any atom is -0.489 e. The van der Waals surface area contributed by atoms with Crippen molar-refractivity contribution in [2.45, 2.75) is 18.0 Å². The van der Waals surface area contributed by atoms with E-state index >= 15 is 0 Å². The van der Waals surface area contributed by atoms with Crippen molar-refractivity contribution in [1.29, 1.82) is 0 Å². The van der Waals surface area contributed by atoms with Gasteiger partial charge in [0, 0.05) is 5.69 Å². The molecule has 0 spiro atoms. The fraction of sp³-hybridized carbons (Fsp3) is 0.0741. The van der Waals surface area contributed by atoms with E-state index in [1.165, 1.54) is 6.07 Å². The maximum Gasteiger partial charge on any atom is 0.308 e. The maximum absolute atomic E-state index is 13.0. The lowest BCUT2D eigenvalue weighted by Gasteiger charge is -2.10. The molecule has 6 nitrogen and oxygen atoms in total. The summed E-state index contributed by atoms with van der Waals surface area (Å²) in [4.78, 5) is 12.5. The summed E-state index contributed by atoms with van der Waals surface area (Å²) in [5, 5.41) is 0. The van der Waals surface area contributed by atoms with Crippen molar-refractivity contribution in [2.24, 2.45) is 0 Å². The topological polar surface area (TPSA) is 77.4 Å². The summed E-state index contributed by atoms with van der Waals surface area (Å²) in [5.74, 6) is 0.641. The number of nitrogens with one attached hydrogen (secondary N) is 1. The largest absolute Gasteiger partial charge is 0.489 e. The van der Waals surface area contributed by atoms with Crippen LogP contribution in [-0.2, 0) is 23.2 Å². The van der Waals surface area contributed by atoms with Crippen molar-refractivity contribution < 1.29 is 13.2 Å². The molecule has 8 heteroatoms. The van der Waals surface area contributed by atoms with E-state index in [0.717, 1.165) is 22.5 Å². The standard InChI is InChI=1S/C27H22N2O4S2/c30-27-29(18-20-7-3-1-4-8-20)25-16-15-24(17-26(25)34-27)35(31,32)28-22-11-13-23(14-12-22)33-19-21-9-5-2-6-10-21/h1-17,28H,18-19H2. The van der Waals surface area contributed by atoms with E-state index in [1.54, 1.807) is 41.0 Å². The second-order valence-corrected chi connectivity index (χ2v) is 10.6. The second-order valence-electron chi connectivity index (χ2n) is 7.97. The van der Waals surface area contributed by atoms with Crippen LogP contribution in [0.1, 0.15) is 11.1 Å². The number of hydrogen-bond acceptors (Lipinski definition) is 5. The number of anilines is 1. The molecule has 0 aliphatic rings. The lowest BCUT2D eigenvalue weighted by Crippen LogP contribution is -2.14. The number of benzene rings is 4.